The standard InChI is InChI=1S/C16H13NO2S/c1-13-7-9-14(10-8-13)11-16(12-17)20(18,19)15-5-3-2-4-6-15/h2-11H,1H3/b16-11+. The van der Waals surface area contributed by atoms with Gasteiger partial charge in [0.05, 0.1) is 4.90 Å². The SMILES string of the molecule is Cc1ccc(/C=C(\C#N)S(=O)(=O)c2ccccc2)cc1. The third kappa shape index (κ3) is 2.95. The quantitative estimate of drug-likeness (QED) is 0.812. The molecular weight excluding hydrogens is 270 g/mol. The first kappa shape index (κ1) is 14.0. The summed E-state index contributed by atoms with van der Waals surface area (Å²) >= 11 is 0. The van der Waals surface area contributed by atoms with Crippen LogP contribution in [0.1, 0.15) is 11.1 Å². The van der Waals surface area contributed by atoms with Crippen molar-refractivity contribution in [3.8, 4) is 6.07 Å². The minimum Gasteiger partial charge on any atom is -0.218 e. The van der Waals surface area contributed by atoms with Crippen LogP contribution in [-0.4, -0.2) is 8.42 Å². The highest BCUT2D eigenvalue weighted by Gasteiger charge is 2.20. The highest BCUT2D eigenvalue weighted by Crippen LogP contribution is 2.20. The minimum absolute atomic E-state index is 0.125. The number of nitriles is 1. The second-order valence-electron chi connectivity index (χ2n) is 4.35. The van der Waals surface area contributed by atoms with E-state index >= 15 is 0 Å². The molecule has 0 aliphatic carbocycles. The molecule has 0 saturated heterocycles. The van der Waals surface area contributed by atoms with Crippen LogP contribution in [0.2, 0.25) is 0 Å². The lowest BCUT2D eigenvalue weighted by molar-refractivity contribution is 0.603. The van der Waals surface area contributed by atoms with Crippen molar-refractivity contribution in [3.63, 3.8) is 0 Å². The van der Waals surface area contributed by atoms with Crippen LogP contribution in [0, 0.1) is 18.3 Å². The smallest absolute Gasteiger partial charge is 0.216 e. The van der Waals surface area contributed by atoms with Gasteiger partial charge in [0.25, 0.3) is 0 Å². The molecule has 0 unspecified atom stereocenters. The molecule has 0 fully saturated rings. The first-order valence-corrected chi connectivity index (χ1v) is 7.51. The molecule has 0 aliphatic rings. The van der Waals surface area contributed by atoms with E-state index < -0.39 is 9.84 Å². The third-order valence-corrected chi connectivity index (χ3v) is 4.51. The number of hydrogen-bond donors (Lipinski definition) is 0. The second-order valence-corrected chi connectivity index (χ2v) is 6.27. The lowest BCUT2D eigenvalue weighted by Gasteiger charge is -2.03. The normalized spacial score (nSPS) is 11.9. The first-order chi connectivity index (χ1) is 9.54. The summed E-state index contributed by atoms with van der Waals surface area (Å²) in [5.41, 5.74) is 1.76. The summed E-state index contributed by atoms with van der Waals surface area (Å²) in [6.07, 6.45) is 1.39. The number of aryl methyl sites for hydroxylation is 1. The van der Waals surface area contributed by atoms with Crippen LogP contribution in [0.4, 0.5) is 0 Å². The third-order valence-electron chi connectivity index (χ3n) is 2.83. The van der Waals surface area contributed by atoms with Crippen LogP contribution in [0.25, 0.3) is 6.08 Å². The summed E-state index contributed by atoms with van der Waals surface area (Å²) in [7, 11) is -3.76. The Hall–Kier alpha value is -2.38. The van der Waals surface area contributed by atoms with Crippen molar-refractivity contribution in [2.75, 3.05) is 0 Å². The van der Waals surface area contributed by atoms with E-state index in [2.05, 4.69) is 0 Å². The van der Waals surface area contributed by atoms with Crippen LogP contribution < -0.4 is 0 Å². The van der Waals surface area contributed by atoms with Gasteiger partial charge in [-0.3, -0.25) is 0 Å². The molecule has 2 aromatic rings. The van der Waals surface area contributed by atoms with Crippen LogP contribution in [0.15, 0.2) is 64.4 Å². The lowest BCUT2D eigenvalue weighted by atomic mass is 10.1. The number of nitrogens with zero attached hydrogens (tertiary/aromatic N) is 1. The molecule has 20 heavy (non-hydrogen) atoms. The van der Waals surface area contributed by atoms with Crippen LogP contribution >= 0.6 is 0 Å². The average molecular weight is 283 g/mol. The summed E-state index contributed by atoms with van der Waals surface area (Å²) in [6.45, 7) is 1.94. The van der Waals surface area contributed by atoms with E-state index in [9.17, 15) is 8.42 Å². The molecule has 2 rings (SSSR count). The van der Waals surface area contributed by atoms with Gasteiger partial charge >= 0.3 is 0 Å². The molecule has 0 spiro atoms. The van der Waals surface area contributed by atoms with Crippen molar-refractivity contribution in [1.82, 2.24) is 0 Å². The molecule has 0 radical (unpaired) electrons. The van der Waals surface area contributed by atoms with Gasteiger partial charge in [-0.25, -0.2) is 8.42 Å². The monoisotopic (exact) mass is 283 g/mol. The zero-order chi connectivity index (χ0) is 14.6. The molecule has 0 amide bonds. The maximum Gasteiger partial charge on any atom is 0.216 e. The molecule has 0 aromatic heterocycles. The molecule has 0 N–H and O–H groups in total. The highest BCUT2D eigenvalue weighted by molar-refractivity contribution is 7.95. The Morgan fingerprint density at radius 2 is 1.65 bits per heavy atom. The lowest BCUT2D eigenvalue weighted by Crippen LogP contribution is -2.03. The van der Waals surface area contributed by atoms with Crippen LogP contribution in [-0.2, 0) is 9.84 Å². The Balaban J connectivity index is 2.48. The molecule has 2 aromatic carbocycles. The maximum absolute atomic E-state index is 12.3. The van der Waals surface area contributed by atoms with Crippen molar-refractivity contribution in [1.29, 1.82) is 5.26 Å². The number of rotatable bonds is 3. The van der Waals surface area contributed by atoms with E-state index in [-0.39, 0.29) is 9.80 Å². The fourth-order valence-corrected chi connectivity index (χ4v) is 2.89. The molecule has 0 aliphatic heterocycles. The van der Waals surface area contributed by atoms with E-state index in [1.807, 2.05) is 19.1 Å². The van der Waals surface area contributed by atoms with Crippen molar-refractivity contribution in [2.45, 2.75) is 11.8 Å². The molecule has 0 bridgehead atoms. The number of benzene rings is 2. The van der Waals surface area contributed by atoms with Crippen molar-refractivity contribution >= 4 is 15.9 Å². The van der Waals surface area contributed by atoms with Gasteiger partial charge < -0.3 is 0 Å². The van der Waals surface area contributed by atoms with Gasteiger partial charge in [-0.15, -0.1) is 0 Å². The Morgan fingerprint density at radius 1 is 1.05 bits per heavy atom. The Labute approximate surface area is 118 Å². The summed E-state index contributed by atoms with van der Waals surface area (Å²) in [4.78, 5) is -0.132. The first-order valence-electron chi connectivity index (χ1n) is 6.02. The number of allylic oxidation sites excluding steroid dienone is 1. The molecule has 3 nitrogen and oxygen atoms in total. The summed E-state index contributed by atoms with van der Waals surface area (Å²) in [6, 6.07) is 17.0. The maximum atomic E-state index is 12.3. The topological polar surface area (TPSA) is 57.9 Å². The molecule has 0 heterocycles. The summed E-state index contributed by atoms with van der Waals surface area (Å²) in [5, 5.41) is 9.14. The zero-order valence-corrected chi connectivity index (χ0v) is 11.8. The average Bonchev–Trinajstić information content (AvgIpc) is 2.47. The van der Waals surface area contributed by atoms with Crippen molar-refractivity contribution in [3.05, 3.63) is 70.6 Å². The van der Waals surface area contributed by atoms with E-state index in [4.69, 9.17) is 5.26 Å². The van der Waals surface area contributed by atoms with Gasteiger partial charge in [0.15, 0.2) is 0 Å². The fourth-order valence-electron chi connectivity index (χ4n) is 1.71. The van der Waals surface area contributed by atoms with Gasteiger partial charge in [-0.2, -0.15) is 5.26 Å². The Bertz CT molecular complexity index is 767. The van der Waals surface area contributed by atoms with Crippen molar-refractivity contribution < 1.29 is 8.42 Å². The van der Waals surface area contributed by atoms with Gasteiger partial charge in [0.1, 0.15) is 11.0 Å². The van der Waals surface area contributed by atoms with E-state index in [1.165, 1.54) is 18.2 Å². The number of hydrogen-bond acceptors (Lipinski definition) is 3. The van der Waals surface area contributed by atoms with Gasteiger partial charge in [0, 0.05) is 0 Å². The molecule has 0 atom stereocenters. The molecule has 100 valence electrons. The van der Waals surface area contributed by atoms with Gasteiger partial charge in [0.2, 0.25) is 9.84 Å². The highest BCUT2D eigenvalue weighted by atomic mass is 32.2. The second kappa shape index (κ2) is 5.72. The zero-order valence-electron chi connectivity index (χ0n) is 10.9. The van der Waals surface area contributed by atoms with E-state index in [1.54, 1.807) is 36.4 Å². The minimum atomic E-state index is -3.76. The number of sulfone groups is 1. The van der Waals surface area contributed by atoms with Crippen molar-refractivity contribution in [2.24, 2.45) is 0 Å². The van der Waals surface area contributed by atoms with Crippen LogP contribution in [0.5, 0.6) is 0 Å². The van der Waals surface area contributed by atoms with Gasteiger partial charge in [-0.05, 0) is 30.7 Å². The molecule has 4 heteroatoms. The predicted molar refractivity (Wildman–Crippen MR) is 78.4 cm³/mol. The Kier molecular flexibility index (Phi) is 4.02. The predicted octanol–water partition coefficient (Wildman–Crippen LogP) is 3.33. The van der Waals surface area contributed by atoms with Crippen LogP contribution in [0.3, 0.4) is 0 Å². The summed E-state index contributed by atoms with van der Waals surface area (Å²) in [5.74, 6) is 0. The fraction of sp³-hybridized carbons (Fsp3) is 0.0625. The Morgan fingerprint density at radius 3 is 2.20 bits per heavy atom. The van der Waals surface area contributed by atoms with E-state index in [0.29, 0.717) is 5.56 Å². The summed E-state index contributed by atoms with van der Waals surface area (Å²) < 4.78 is 24.7. The molecule has 0 saturated carbocycles. The van der Waals surface area contributed by atoms with E-state index in [0.717, 1.165) is 5.56 Å². The largest absolute Gasteiger partial charge is 0.218 e. The van der Waals surface area contributed by atoms with Gasteiger partial charge in [-0.1, -0.05) is 48.0 Å². The molecular formula is C16H13NO2S.